The maximum Gasteiger partial charge on any atom is 0.419 e. The molecule has 0 saturated carbocycles. The van der Waals surface area contributed by atoms with Crippen molar-refractivity contribution in [2.24, 2.45) is 7.05 Å². The number of hydrogen-bond acceptors (Lipinski definition) is 2. The first kappa shape index (κ1) is 14.0. The summed E-state index contributed by atoms with van der Waals surface area (Å²) in [5.41, 5.74) is -2.24. The van der Waals surface area contributed by atoms with Gasteiger partial charge in [-0.1, -0.05) is 6.07 Å². The van der Waals surface area contributed by atoms with E-state index in [0.29, 0.717) is 6.07 Å². The molecule has 0 atom stereocenters. The third kappa shape index (κ3) is 2.36. The van der Waals surface area contributed by atoms with E-state index >= 15 is 0 Å². The number of rotatable bonds is 2. The van der Waals surface area contributed by atoms with Crippen LogP contribution in [0.1, 0.15) is 16.1 Å². The quantitative estimate of drug-likeness (QED) is 0.864. The van der Waals surface area contributed by atoms with Gasteiger partial charge in [-0.3, -0.25) is 4.68 Å². The van der Waals surface area contributed by atoms with Crippen LogP contribution in [0.2, 0.25) is 0 Å². The predicted molar refractivity (Wildman–Crippen MR) is 60.6 cm³/mol. The van der Waals surface area contributed by atoms with Gasteiger partial charge in [-0.05, 0) is 18.2 Å². The standard InChI is InChI=1S/C12H8F4N2O2/c1-18-9(11(19)20)5-8(17-18)6-3-2-4-7(10(6)13)12(14,15)16/h2-5H,1H3,(H,19,20). The molecule has 0 radical (unpaired) electrons. The number of carbonyl (C=O) groups is 1. The van der Waals surface area contributed by atoms with E-state index < -0.39 is 29.1 Å². The number of aromatic nitrogens is 2. The first-order valence-corrected chi connectivity index (χ1v) is 5.35. The van der Waals surface area contributed by atoms with Gasteiger partial charge in [0.1, 0.15) is 11.5 Å². The molecule has 0 saturated heterocycles. The van der Waals surface area contributed by atoms with Crippen LogP contribution in [0.15, 0.2) is 24.3 Å². The molecular formula is C12H8F4N2O2. The number of alkyl halides is 3. The van der Waals surface area contributed by atoms with E-state index in [1.165, 1.54) is 7.05 Å². The number of nitrogens with zero attached hydrogens (tertiary/aromatic N) is 2. The Morgan fingerprint density at radius 2 is 2.00 bits per heavy atom. The first-order valence-electron chi connectivity index (χ1n) is 5.35. The van der Waals surface area contributed by atoms with E-state index in [1.807, 2.05) is 0 Å². The number of aryl methyl sites for hydroxylation is 1. The van der Waals surface area contributed by atoms with Crippen molar-refractivity contribution in [2.45, 2.75) is 6.18 Å². The molecule has 2 aromatic rings. The highest BCUT2D eigenvalue weighted by atomic mass is 19.4. The van der Waals surface area contributed by atoms with Crippen LogP contribution in [0.3, 0.4) is 0 Å². The van der Waals surface area contributed by atoms with E-state index in [-0.39, 0.29) is 11.4 Å². The molecule has 20 heavy (non-hydrogen) atoms. The number of benzene rings is 1. The summed E-state index contributed by atoms with van der Waals surface area (Å²) >= 11 is 0. The highest BCUT2D eigenvalue weighted by molar-refractivity contribution is 5.87. The monoisotopic (exact) mass is 288 g/mol. The lowest BCUT2D eigenvalue weighted by Crippen LogP contribution is -2.08. The molecule has 2 rings (SSSR count). The SMILES string of the molecule is Cn1nc(-c2cccc(C(F)(F)F)c2F)cc1C(=O)O. The lowest BCUT2D eigenvalue weighted by atomic mass is 10.1. The van der Waals surface area contributed by atoms with Crippen molar-refractivity contribution in [1.82, 2.24) is 9.78 Å². The minimum absolute atomic E-state index is 0.173. The van der Waals surface area contributed by atoms with Crippen LogP contribution in [0.25, 0.3) is 11.3 Å². The maximum atomic E-state index is 13.9. The molecule has 0 bridgehead atoms. The average molecular weight is 288 g/mol. The molecule has 1 aromatic carbocycles. The van der Waals surface area contributed by atoms with Gasteiger partial charge in [0.05, 0.1) is 11.3 Å². The Morgan fingerprint density at radius 3 is 2.50 bits per heavy atom. The van der Waals surface area contributed by atoms with Crippen LogP contribution in [0.4, 0.5) is 17.6 Å². The molecule has 0 aliphatic rings. The molecule has 0 aliphatic carbocycles. The van der Waals surface area contributed by atoms with Crippen molar-refractivity contribution in [3.8, 4) is 11.3 Å². The summed E-state index contributed by atoms with van der Waals surface area (Å²) in [7, 11) is 1.30. The van der Waals surface area contributed by atoms with Gasteiger partial charge in [0.25, 0.3) is 0 Å². The zero-order valence-corrected chi connectivity index (χ0v) is 10.1. The second-order valence-corrected chi connectivity index (χ2v) is 4.01. The smallest absolute Gasteiger partial charge is 0.419 e. The van der Waals surface area contributed by atoms with E-state index in [9.17, 15) is 22.4 Å². The van der Waals surface area contributed by atoms with Gasteiger partial charge < -0.3 is 5.11 Å². The van der Waals surface area contributed by atoms with Crippen LogP contribution in [0.5, 0.6) is 0 Å². The largest absolute Gasteiger partial charge is 0.477 e. The molecule has 0 aliphatic heterocycles. The highest BCUT2D eigenvalue weighted by Crippen LogP contribution is 2.35. The third-order valence-electron chi connectivity index (χ3n) is 2.68. The van der Waals surface area contributed by atoms with Gasteiger partial charge in [-0.2, -0.15) is 18.3 Å². The fourth-order valence-electron chi connectivity index (χ4n) is 1.75. The number of carboxylic acid groups (broad SMARTS) is 1. The van der Waals surface area contributed by atoms with Gasteiger partial charge in [0, 0.05) is 12.6 Å². The summed E-state index contributed by atoms with van der Waals surface area (Å²) in [5, 5.41) is 12.6. The molecule has 8 heteroatoms. The molecular weight excluding hydrogens is 280 g/mol. The Hall–Kier alpha value is -2.38. The summed E-state index contributed by atoms with van der Waals surface area (Å²) in [6.45, 7) is 0. The van der Waals surface area contributed by atoms with Gasteiger partial charge in [0.15, 0.2) is 0 Å². The molecule has 1 aromatic heterocycles. The number of halogens is 4. The fourth-order valence-corrected chi connectivity index (χ4v) is 1.75. The molecule has 4 nitrogen and oxygen atoms in total. The summed E-state index contributed by atoms with van der Waals surface area (Å²) < 4.78 is 52.6. The Bertz CT molecular complexity index is 677. The second kappa shape index (κ2) is 4.62. The Labute approximate surface area is 110 Å². The lowest BCUT2D eigenvalue weighted by Gasteiger charge is -2.09. The van der Waals surface area contributed by atoms with Crippen molar-refractivity contribution in [3.63, 3.8) is 0 Å². The molecule has 1 heterocycles. The minimum atomic E-state index is -4.83. The minimum Gasteiger partial charge on any atom is -0.477 e. The van der Waals surface area contributed by atoms with Crippen molar-refractivity contribution in [2.75, 3.05) is 0 Å². The van der Waals surface area contributed by atoms with Gasteiger partial charge >= 0.3 is 12.1 Å². The van der Waals surface area contributed by atoms with Crippen LogP contribution < -0.4 is 0 Å². The van der Waals surface area contributed by atoms with E-state index in [1.54, 1.807) is 0 Å². The van der Waals surface area contributed by atoms with Crippen LogP contribution in [-0.2, 0) is 13.2 Å². The molecule has 0 amide bonds. The van der Waals surface area contributed by atoms with Crippen molar-refractivity contribution < 1.29 is 27.5 Å². The summed E-state index contributed by atoms with van der Waals surface area (Å²) in [6, 6.07) is 3.77. The van der Waals surface area contributed by atoms with Crippen molar-refractivity contribution >= 4 is 5.97 Å². The second-order valence-electron chi connectivity index (χ2n) is 4.01. The summed E-state index contributed by atoms with van der Waals surface area (Å²) in [5.74, 6) is -2.78. The summed E-state index contributed by atoms with van der Waals surface area (Å²) in [6.07, 6.45) is -4.83. The van der Waals surface area contributed by atoms with Crippen molar-refractivity contribution in [3.05, 3.63) is 41.3 Å². The van der Waals surface area contributed by atoms with Crippen LogP contribution in [0, 0.1) is 5.82 Å². The molecule has 1 N–H and O–H groups in total. The van der Waals surface area contributed by atoms with Gasteiger partial charge in [0.2, 0.25) is 0 Å². The number of carboxylic acids is 1. The third-order valence-corrected chi connectivity index (χ3v) is 2.68. The zero-order valence-electron chi connectivity index (χ0n) is 10.1. The first-order chi connectivity index (χ1) is 9.21. The van der Waals surface area contributed by atoms with Crippen LogP contribution in [-0.4, -0.2) is 20.9 Å². The van der Waals surface area contributed by atoms with E-state index in [4.69, 9.17) is 5.11 Å². The molecule has 106 valence electrons. The topological polar surface area (TPSA) is 55.1 Å². The normalized spacial score (nSPS) is 11.7. The summed E-state index contributed by atoms with van der Waals surface area (Å²) in [4.78, 5) is 10.8. The van der Waals surface area contributed by atoms with Gasteiger partial charge in [-0.25, -0.2) is 9.18 Å². The molecule has 0 spiro atoms. The number of aromatic carboxylic acids is 1. The van der Waals surface area contributed by atoms with Gasteiger partial charge in [-0.15, -0.1) is 0 Å². The molecule has 0 unspecified atom stereocenters. The van der Waals surface area contributed by atoms with E-state index in [2.05, 4.69) is 5.10 Å². The Balaban J connectivity index is 2.60. The zero-order chi connectivity index (χ0) is 15.1. The maximum absolute atomic E-state index is 13.9. The Morgan fingerprint density at radius 1 is 1.35 bits per heavy atom. The highest BCUT2D eigenvalue weighted by Gasteiger charge is 2.35. The lowest BCUT2D eigenvalue weighted by molar-refractivity contribution is -0.139. The average Bonchev–Trinajstić information content (AvgIpc) is 2.70. The van der Waals surface area contributed by atoms with Crippen molar-refractivity contribution in [1.29, 1.82) is 0 Å². The number of hydrogen-bond donors (Lipinski definition) is 1. The predicted octanol–water partition coefficient (Wildman–Crippen LogP) is 2.94. The Kier molecular flexibility index (Phi) is 3.24. The fraction of sp³-hybridized carbons (Fsp3) is 0.167. The van der Waals surface area contributed by atoms with Crippen LogP contribution >= 0.6 is 0 Å². The van der Waals surface area contributed by atoms with E-state index in [0.717, 1.165) is 22.9 Å². The molecule has 0 fully saturated rings.